The largest absolute Gasteiger partial charge is 0.359 e. The molecule has 0 saturated carbocycles. The molecule has 0 aliphatic heterocycles. The van der Waals surface area contributed by atoms with Gasteiger partial charge in [-0.1, -0.05) is 0 Å². The van der Waals surface area contributed by atoms with E-state index in [-0.39, 0.29) is 16.7 Å². The number of pyridine rings is 1. The molecule has 0 bridgehead atoms. The number of nitrogens with one attached hydrogen (secondary N) is 3. The zero-order valence-electron chi connectivity index (χ0n) is 13.4. The third-order valence-electron chi connectivity index (χ3n) is 3.55. The van der Waals surface area contributed by atoms with Gasteiger partial charge in [0.05, 0.1) is 6.20 Å². The highest BCUT2D eigenvalue weighted by Crippen LogP contribution is 2.26. The average Bonchev–Trinajstić information content (AvgIpc) is 3.02. The molecule has 3 aromatic rings. The number of anilines is 1. The summed E-state index contributed by atoms with van der Waals surface area (Å²) >= 11 is 0. The first-order valence-electron chi connectivity index (χ1n) is 7.64. The van der Waals surface area contributed by atoms with Gasteiger partial charge < -0.3 is 15.6 Å². The number of amides is 1. The molecule has 0 aliphatic rings. The van der Waals surface area contributed by atoms with Gasteiger partial charge in [-0.2, -0.15) is 0 Å². The molecule has 1 amide bonds. The van der Waals surface area contributed by atoms with Crippen LogP contribution in [0.4, 0.5) is 14.6 Å². The van der Waals surface area contributed by atoms with Gasteiger partial charge >= 0.3 is 0 Å². The molecule has 0 spiro atoms. The number of alkyl halides is 1. The molecule has 136 valence electrons. The van der Waals surface area contributed by atoms with Crippen molar-refractivity contribution in [2.24, 2.45) is 0 Å². The standard InChI is InChI=1S/C16H16F2N6O.3H2/c1-9(16(25)20-5-3-17)23-13-2-4-19-15(24-13)12-8-22-14-11(12)6-10(18)7-21-14;;;/h2,4,6-9H,3,5H2,1H3,(H,20,25)(H,21,22)(H,19,23,24);3*1H/t9-;;;/m1.../s1. The van der Waals surface area contributed by atoms with Crippen LogP contribution in [0.5, 0.6) is 0 Å². The number of fused-ring (bicyclic) bond motifs is 1. The lowest BCUT2D eigenvalue weighted by molar-refractivity contribution is -0.121. The van der Waals surface area contributed by atoms with Crippen LogP contribution in [-0.4, -0.2) is 45.1 Å². The van der Waals surface area contributed by atoms with Gasteiger partial charge in [0.1, 0.15) is 30.0 Å². The van der Waals surface area contributed by atoms with Gasteiger partial charge in [0.15, 0.2) is 5.82 Å². The predicted molar refractivity (Wildman–Crippen MR) is 95.5 cm³/mol. The highest BCUT2D eigenvalue weighted by molar-refractivity contribution is 5.91. The Labute approximate surface area is 146 Å². The first-order valence-corrected chi connectivity index (χ1v) is 7.64. The molecule has 25 heavy (non-hydrogen) atoms. The van der Waals surface area contributed by atoms with Crippen LogP contribution in [0.15, 0.2) is 30.7 Å². The number of H-pyrrole nitrogens is 1. The fourth-order valence-corrected chi connectivity index (χ4v) is 2.34. The van der Waals surface area contributed by atoms with E-state index in [2.05, 4.69) is 30.6 Å². The lowest BCUT2D eigenvalue weighted by Crippen LogP contribution is -2.38. The summed E-state index contributed by atoms with van der Waals surface area (Å²) in [7, 11) is 0. The van der Waals surface area contributed by atoms with Crippen molar-refractivity contribution in [1.82, 2.24) is 25.3 Å². The number of halogens is 2. The van der Waals surface area contributed by atoms with Gasteiger partial charge in [0, 0.05) is 34.2 Å². The molecule has 0 aromatic carbocycles. The van der Waals surface area contributed by atoms with Gasteiger partial charge in [-0.05, 0) is 19.1 Å². The van der Waals surface area contributed by atoms with E-state index in [1.807, 2.05) is 0 Å². The van der Waals surface area contributed by atoms with Crippen LogP contribution in [0, 0.1) is 5.82 Å². The fraction of sp³-hybridized carbons (Fsp3) is 0.250. The summed E-state index contributed by atoms with van der Waals surface area (Å²) < 4.78 is 25.6. The number of hydrogen-bond acceptors (Lipinski definition) is 5. The molecule has 3 rings (SSSR count). The van der Waals surface area contributed by atoms with Crippen LogP contribution in [0.3, 0.4) is 0 Å². The Morgan fingerprint density at radius 3 is 3.08 bits per heavy atom. The van der Waals surface area contributed by atoms with E-state index in [4.69, 9.17) is 0 Å². The maximum atomic E-state index is 13.5. The lowest BCUT2D eigenvalue weighted by atomic mass is 10.2. The molecular formula is C16H22F2N6O. The first kappa shape index (κ1) is 16.7. The highest BCUT2D eigenvalue weighted by atomic mass is 19.1. The zero-order valence-corrected chi connectivity index (χ0v) is 13.4. The summed E-state index contributed by atoms with van der Waals surface area (Å²) in [6.07, 6.45) is 4.30. The van der Waals surface area contributed by atoms with E-state index < -0.39 is 18.5 Å². The van der Waals surface area contributed by atoms with Crippen molar-refractivity contribution in [3.8, 4) is 11.4 Å². The molecule has 3 aromatic heterocycles. The van der Waals surface area contributed by atoms with Crippen molar-refractivity contribution >= 4 is 22.8 Å². The molecular weight excluding hydrogens is 330 g/mol. The van der Waals surface area contributed by atoms with Crippen LogP contribution in [0.2, 0.25) is 0 Å². The van der Waals surface area contributed by atoms with Crippen molar-refractivity contribution in [2.45, 2.75) is 13.0 Å². The maximum Gasteiger partial charge on any atom is 0.242 e. The minimum absolute atomic E-state index is 0. The first-order chi connectivity index (χ1) is 12.1. The SMILES string of the molecule is C[C@@H](Nc1ccnc(-c2c[nH]c3ncc(F)cc23)n1)C(=O)NCCF.[HH].[HH].[HH]. The van der Waals surface area contributed by atoms with Crippen LogP contribution >= 0.6 is 0 Å². The average molecular weight is 352 g/mol. The second-order valence-electron chi connectivity index (χ2n) is 5.36. The Balaban J connectivity index is 0.00000243. The number of nitrogens with zero attached hydrogens (tertiary/aromatic N) is 3. The second-order valence-corrected chi connectivity index (χ2v) is 5.36. The lowest BCUT2D eigenvalue weighted by Gasteiger charge is -2.14. The maximum absolute atomic E-state index is 13.5. The number of carbonyl (C=O) groups is 1. The van der Waals surface area contributed by atoms with E-state index in [1.165, 1.54) is 12.3 Å². The molecule has 0 aliphatic carbocycles. The normalized spacial score (nSPS) is 12.1. The van der Waals surface area contributed by atoms with E-state index >= 15 is 0 Å². The summed E-state index contributed by atoms with van der Waals surface area (Å²) in [6.45, 7) is 0.982. The van der Waals surface area contributed by atoms with Gasteiger partial charge in [-0.25, -0.2) is 23.7 Å². The summed E-state index contributed by atoms with van der Waals surface area (Å²) in [5, 5.41) is 5.94. The summed E-state index contributed by atoms with van der Waals surface area (Å²) in [5.41, 5.74) is 1.12. The van der Waals surface area contributed by atoms with Gasteiger partial charge in [0.25, 0.3) is 0 Å². The van der Waals surface area contributed by atoms with E-state index in [1.54, 1.807) is 19.2 Å². The van der Waals surface area contributed by atoms with Crippen LogP contribution in [-0.2, 0) is 4.79 Å². The number of aromatic amines is 1. The Morgan fingerprint density at radius 1 is 1.44 bits per heavy atom. The number of rotatable bonds is 6. The molecule has 9 heteroatoms. The van der Waals surface area contributed by atoms with Crippen LogP contribution in [0.25, 0.3) is 22.4 Å². The van der Waals surface area contributed by atoms with Crippen molar-refractivity contribution in [2.75, 3.05) is 18.5 Å². The Hall–Kier alpha value is -3.10. The monoisotopic (exact) mass is 352 g/mol. The molecule has 0 fully saturated rings. The zero-order chi connectivity index (χ0) is 17.8. The van der Waals surface area contributed by atoms with Crippen LogP contribution in [0.1, 0.15) is 11.2 Å². The molecule has 3 heterocycles. The molecule has 1 atom stereocenters. The van der Waals surface area contributed by atoms with Gasteiger partial charge in [0.2, 0.25) is 5.91 Å². The fourth-order valence-electron chi connectivity index (χ4n) is 2.34. The minimum atomic E-state index is -0.624. The molecule has 7 nitrogen and oxygen atoms in total. The topological polar surface area (TPSA) is 95.6 Å². The summed E-state index contributed by atoms with van der Waals surface area (Å²) in [6, 6.07) is 2.36. The van der Waals surface area contributed by atoms with Gasteiger partial charge in [-0.3, -0.25) is 4.79 Å². The summed E-state index contributed by atoms with van der Waals surface area (Å²) in [5.74, 6) is -0.0106. The van der Waals surface area contributed by atoms with Crippen molar-refractivity contribution in [3.63, 3.8) is 0 Å². The number of aromatic nitrogens is 4. The molecule has 0 unspecified atom stereocenters. The molecule has 0 radical (unpaired) electrons. The van der Waals surface area contributed by atoms with E-state index in [0.717, 1.165) is 6.20 Å². The summed E-state index contributed by atoms with van der Waals surface area (Å²) in [4.78, 5) is 27.2. The molecule has 0 saturated heterocycles. The molecule has 3 N–H and O–H groups in total. The Bertz CT molecular complexity index is 911. The highest BCUT2D eigenvalue weighted by Gasteiger charge is 2.15. The minimum Gasteiger partial charge on any atom is -0.359 e. The second kappa shape index (κ2) is 7.20. The Morgan fingerprint density at radius 2 is 2.28 bits per heavy atom. The van der Waals surface area contributed by atoms with Crippen molar-refractivity contribution < 1.29 is 17.9 Å². The van der Waals surface area contributed by atoms with Crippen molar-refractivity contribution in [3.05, 3.63) is 36.5 Å². The Kier molecular flexibility index (Phi) is 4.82. The van der Waals surface area contributed by atoms with E-state index in [0.29, 0.717) is 28.2 Å². The van der Waals surface area contributed by atoms with Crippen LogP contribution < -0.4 is 10.6 Å². The van der Waals surface area contributed by atoms with Gasteiger partial charge in [-0.15, -0.1) is 0 Å². The number of carbonyl (C=O) groups excluding carboxylic acids is 1. The smallest absolute Gasteiger partial charge is 0.242 e. The third-order valence-corrected chi connectivity index (χ3v) is 3.55. The van der Waals surface area contributed by atoms with Crippen molar-refractivity contribution in [1.29, 1.82) is 0 Å². The van der Waals surface area contributed by atoms with E-state index in [9.17, 15) is 13.6 Å². The quantitative estimate of drug-likeness (QED) is 0.634. The number of hydrogen-bond donors (Lipinski definition) is 3. The predicted octanol–water partition coefficient (Wildman–Crippen LogP) is 2.78. The third kappa shape index (κ3) is 3.70.